The molecule has 1 atom stereocenters. The van der Waals surface area contributed by atoms with Crippen molar-refractivity contribution in [3.05, 3.63) is 69.2 Å². The fraction of sp³-hybridized carbons (Fsp3) is 0.240. The largest absolute Gasteiger partial charge is 0.508 e. The van der Waals surface area contributed by atoms with Gasteiger partial charge < -0.3 is 25.8 Å². The fourth-order valence-electron chi connectivity index (χ4n) is 3.19. The van der Waals surface area contributed by atoms with E-state index in [-0.39, 0.29) is 30.3 Å². The van der Waals surface area contributed by atoms with Gasteiger partial charge in [-0.25, -0.2) is 14.8 Å². The molecule has 186 valence electrons. The zero-order chi connectivity index (χ0) is 26.1. The standard InChI is InChI=1S/C25H25N5O5S/c1-15-21(16(2)29-25(28-15)26-12-4-6-17-8-10-18(31)11-9-17)23(33)30-19(24(34)35-3)14-27-22(32)20-7-5-13-36-20/h5,7-11,13,19,31H,12,14H2,1-3H3,(H,27,32)(H,30,33)(H,26,28,29)/t19-/m0/s1. The van der Waals surface area contributed by atoms with Gasteiger partial charge in [0, 0.05) is 12.1 Å². The molecule has 0 aliphatic carbocycles. The van der Waals surface area contributed by atoms with Gasteiger partial charge in [-0.1, -0.05) is 17.9 Å². The maximum absolute atomic E-state index is 13.0. The van der Waals surface area contributed by atoms with E-state index in [0.29, 0.717) is 22.2 Å². The molecule has 0 saturated heterocycles. The van der Waals surface area contributed by atoms with Gasteiger partial charge in [-0.3, -0.25) is 9.59 Å². The van der Waals surface area contributed by atoms with Gasteiger partial charge in [0.05, 0.1) is 35.5 Å². The van der Waals surface area contributed by atoms with Crippen LogP contribution < -0.4 is 16.0 Å². The number of hydrogen-bond acceptors (Lipinski definition) is 9. The van der Waals surface area contributed by atoms with Crippen molar-refractivity contribution in [2.24, 2.45) is 0 Å². The second-order valence-corrected chi connectivity index (χ2v) is 8.48. The van der Waals surface area contributed by atoms with E-state index in [4.69, 9.17) is 4.74 Å². The molecule has 2 heterocycles. The van der Waals surface area contributed by atoms with Gasteiger partial charge in [0.25, 0.3) is 11.8 Å². The van der Waals surface area contributed by atoms with Crippen LogP contribution in [0.25, 0.3) is 0 Å². The lowest BCUT2D eigenvalue weighted by Crippen LogP contribution is -2.49. The second kappa shape index (κ2) is 12.3. The minimum absolute atomic E-state index is 0.145. The van der Waals surface area contributed by atoms with Crippen LogP contribution in [0.4, 0.5) is 5.95 Å². The molecule has 0 aliphatic heterocycles. The molecule has 1 aromatic carbocycles. The summed E-state index contributed by atoms with van der Waals surface area (Å²) in [5.74, 6) is 4.74. The number of benzene rings is 1. The molecule has 3 rings (SSSR count). The van der Waals surface area contributed by atoms with Crippen LogP contribution in [-0.2, 0) is 9.53 Å². The lowest BCUT2D eigenvalue weighted by atomic mass is 10.1. The van der Waals surface area contributed by atoms with Crippen LogP contribution in [0.3, 0.4) is 0 Å². The quantitative estimate of drug-likeness (QED) is 0.268. The summed E-state index contributed by atoms with van der Waals surface area (Å²) in [4.78, 5) is 46.5. The summed E-state index contributed by atoms with van der Waals surface area (Å²) < 4.78 is 4.78. The predicted octanol–water partition coefficient (Wildman–Crippen LogP) is 2.03. The Hall–Kier alpha value is -4.43. The van der Waals surface area contributed by atoms with Crippen molar-refractivity contribution in [3.63, 3.8) is 0 Å². The molecule has 11 heteroatoms. The SMILES string of the molecule is COC(=O)[C@H](CNC(=O)c1cccs1)NC(=O)c1c(C)nc(NCC#Cc2ccc(O)cc2)nc1C. The Morgan fingerprint density at radius 1 is 1.08 bits per heavy atom. The fourth-order valence-corrected chi connectivity index (χ4v) is 3.83. The Kier molecular flexibility index (Phi) is 8.96. The lowest BCUT2D eigenvalue weighted by molar-refractivity contribution is -0.142. The number of carbonyl (C=O) groups is 3. The number of aromatic nitrogens is 2. The number of nitrogens with zero attached hydrogens (tertiary/aromatic N) is 2. The number of rotatable bonds is 8. The summed E-state index contributed by atoms with van der Waals surface area (Å²) in [6.45, 7) is 3.43. The van der Waals surface area contributed by atoms with Gasteiger partial charge in [-0.2, -0.15) is 0 Å². The van der Waals surface area contributed by atoms with E-state index in [1.165, 1.54) is 18.4 Å². The third-order valence-electron chi connectivity index (χ3n) is 4.94. The van der Waals surface area contributed by atoms with Crippen LogP contribution in [0.1, 0.15) is 37.0 Å². The van der Waals surface area contributed by atoms with E-state index in [1.807, 2.05) is 0 Å². The lowest BCUT2D eigenvalue weighted by Gasteiger charge is -2.18. The molecule has 0 spiro atoms. The first-order chi connectivity index (χ1) is 17.3. The number of carbonyl (C=O) groups excluding carboxylic acids is 3. The van der Waals surface area contributed by atoms with Gasteiger partial charge >= 0.3 is 5.97 Å². The third kappa shape index (κ3) is 7.04. The van der Waals surface area contributed by atoms with Crippen molar-refractivity contribution in [1.82, 2.24) is 20.6 Å². The number of esters is 1. The van der Waals surface area contributed by atoms with E-state index in [9.17, 15) is 19.5 Å². The smallest absolute Gasteiger partial charge is 0.330 e. The normalized spacial score (nSPS) is 11.0. The number of nitrogens with one attached hydrogen (secondary N) is 3. The van der Waals surface area contributed by atoms with Crippen LogP contribution in [0, 0.1) is 25.7 Å². The van der Waals surface area contributed by atoms with Crippen molar-refractivity contribution >= 4 is 35.1 Å². The Bertz CT molecular complexity index is 1270. The Morgan fingerprint density at radius 3 is 2.39 bits per heavy atom. The van der Waals surface area contributed by atoms with Crippen molar-refractivity contribution in [3.8, 4) is 17.6 Å². The number of thiophene rings is 1. The van der Waals surface area contributed by atoms with E-state index in [2.05, 4.69) is 37.8 Å². The van der Waals surface area contributed by atoms with Crippen LogP contribution in [0.5, 0.6) is 5.75 Å². The number of aromatic hydroxyl groups is 1. The third-order valence-corrected chi connectivity index (χ3v) is 5.80. The minimum atomic E-state index is -1.10. The molecule has 0 bridgehead atoms. The predicted molar refractivity (Wildman–Crippen MR) is 135 cm³/mol. The van der Waals surface area contributed by atoms with Crippen LogP contribution in [-0.4, -0.2) is 59.1 Å². The highest BCUT2D eigenvalue weighted by atomic mass is 32.1. The molecule has 10 nitrogen and oxygen atoms in total. The summed E-state index contributed by atoms with van der Waals surface area (Å²) in [6, 6.07) is 8.82. The zero-order valence-electron chi connectivity index (χ0n) is 19.9. The summed E-state index contributed by atoms with van der Waals surface area (Å²) in [5, 5.41) is 19.3. The monoisotopic (exact) mass is 507 g/mol. The van der Waals surface area contributed by atoms with Crippen molar-refractivity contribution in [2.75, 3.05) is 25.5 Å². The Balaban J connectivity index is 1.64. The maximum atomic E-state index is 13.0. The van der Waals surface area contributed by atoms with Crippen LogP contribution in [0.15, 0.2) is 41.8 Å². The molecule has 4 N–H and O–H groups in total. The first kappa shape index (κ1) is 26.2. The summed E-state index contributed by atoms with van der Waals surface area (Å²) in [6.07, 6.45) is 0. The number of anilines is 1. The Morgan fingerprint density at radius 2 is 1.78 bits per heavy atom. The number of ether oxygens (including phenoxy) is 1. The maximum Gasteiger partial charge on any atom is 0.330 e. The summed E-state index contributed by atoms with van der Waals surface area (Å²) in [5.41, 5.74) is 1.77. The van der Waals surface area contributed by atoms with Gasteiger partial charge in [0.1, 0.15) is 11.8 Å². The number of amides is 2. The number of hydrogen-bond donors (Lipinski definition) is 4. The van der Waals surface area contributed by atoms with Crippen LogP contribution in [0.2, 0.25) is 0 Å². The van der Waals surface area contributed by atoms with E-state index >= 15 is 0 Å². The Labute approximate surface area is 212 Å². The number of aryl methyl sites for hydroxylation is 2. The molecule has 0 unspecified atom stereocenters. The molecule has 3 aromatic rings. The highest BCUT2D eigenvalue weighted by Gasteiger charge is 2.25. The van der Waals surface area contributed by atoms with E-state index in [1.54, 1.807) is 55.6 Å². The van der Waals surface area contributed by atoms with Gasteiger partial charge in [-0.05, 0) is 49.6 Å². The van der Waals surface area contributed by atoms with E-state index < -0.39 is 17.9 Å². The molecular formula is C25H25N5O5S. The first-order valence-corrected chi connectivity index (χ1v) is 11.7. The molecule has 36 heavy (non-hydrogen) atoms. The average molecular weight is 508 g/mol. The zero-order valence-corrected chi connectivity index (χ0v) is 20.7. The molecule has 0 radical (unpaired) electrons. The highest BCUT2D eigenvalue weighted by molar-refractivity contribution is 7.12. The van der Waals surface area contributed by atoms with Gasteiger partial charge in [0.15, 0.2) is 0 Å². The topological polar surface area (TPSA) is 143 Å². The van der Waals surface area contributed by atoms with E-state index in [0.717, 1.165) is 5.56 Å². The number of phenols is 1. The molecule has 0 aliphatic rings. The van der Waals surface area contributed by atoms with Gasteiger partial charge in [-0.15, -0.1) is 11.3 Å². The first-order valence-electron chi connectivity index (χ1n) is 10.9. The average Bonchev–Trinajstić information content (AvgIpc) is 3.39. The molecule has 2 amide bonds. The molecule has 2 aromatic heterocycles. The number of methoxy groups -OCH3 is 1. The highest BCUT2D eigenvalue weighted by Crippen LogP contribution is 2.13. The van der Waals surface area contributed by atoms with Crippen molar-refractivity contribution in [2.45, 2.75) is 19.9 Å². The summed E-state index contributed by atoms with van der Waals surface area (Å²) >= 11 is 1.26. The summed E-state index contributed by atoms with van der Waals surface area (Å²) in [7, 11) is 1.20. The number of phenolic OH excluding ortho intramolecular Hbond substituents is 1. The van der Waals surface area contributed by atoms with Crippen molar-refractivity contribution in [1.29, 1.82) is 0 Å². The molecular weight excluding hydrogens is 482 g/mol. The molecule has 0 fully saturated rings. The molecule has 0 saturated carbocycles. The van der Waals surface area contributed by atoms with Gasteiger partial charge in [0.2, 0.25) is 5.95 Å². The van der Waals surface area contributed by atoms with Crippen molar-refractivity contribution < 1.29 is 24.2 Å². The van der Waals surface area contributed by atoms with Crippen LogP contribution >= 0.6 is 11.3 Å². The minimum Gasteiger partial charge on any atom is -0.508 e. The second-order valence-electron chi connectivity index (χ2n) is 7.53.